The van der Waals surface area contributed by atoms with Crippen molar-refractivity contribution in [2.75, 3.05) is 12.0 Å². The zero-order valence-electron chi connectivity index (χ0n) is 14.2. The van der Waals surface area contributed by atoms with Crippen molar-refractivity contribution >= 4 is 17.3 Å². The zero-order chi connectivity index (χ0) is 17.3. The molecule has 0 bridgehead atoms. The van der Waals surface area contributed by atoms with Gasteiger partial charge in [0.2, 0.25) is 0 Å². The summed E-state index contributed by atoms with van der Waals surface area (Å²) in [7, 11) is 1.61. The van der Waals surface area contributed by atoms with Crippen LogP contribution in [0.4, 0.5) is 5.69 Å². The molecule has 1 aliphatic heterocycles. The number of anilines is 1. The number of methoxy groups -OCH3 is 1. The Morgan fingerprint density at radius 1 is 1.17 bits per heavy atom. The van der Waals surface area contributed by atoms with Crippen LogP contribution in [0.3, 0.4) is 0 Å². The van der Waals surface area contributed by atoms with Crippen molar-refractivity contribution in [1.29, 1.82) is 0 Å². The van der Waals surface area contributed by atoms with Gasteiger partial charge in [0.1, 0.15) is 17.5 Å². The molecular weight excluding hydrogens is 302 g/mol. The molecule has 4 nitrogen and oxygen atoms in total. The molecular formula is C20H21NO3. The number of hydrogen-bond acceptors (Lipinski definition) is 4. The Morgan fingerprint density at radius 3 is 2.50 bits per heavy atom. The molecule has 0 spiro atoms. The average molecular weight is 323 g/mol. The van der Waals surface area contributed by atoms with Gasteiger partial charge in [-0.15, -0.1) is 0 Å². The van der Waals surface area contributed by atoms with E-state index in [1.165, 1.54) is 6.92 Å². The number of Topliss-reactive ketones (excluding diaryl/α,β-unsaturated/α-hetero) is 2. The van der Waals surface area contributed by atoms with Crippen LogP contribution in [0.2, 0.25) is 0 Å². The third kappa shape index (κ3) is 2.80. The van der Waals surface area contributed by atoms with Crippen LogP contribution in [0, 0.1) is 5.92 Å². The first-order valence-corrected chi connectivity index (χ1v) is 8.06. The topological polar surface area (TPSA) is 46.6 Å². The third-order valence-electron chi connectivity index (χ3n) is 4.67. The number of ether oxygens (including phenoxy) is 1. The summed E-state index contributed by atoms with van der Waals surface area (Å²) in [5, 5.41) is 0. The van der Waals surface area contributed by atoms with Gasteiger partial charge in [-0.2, -0.15) is 0 Å². The van der Waals surface area contributed by atoms with Crippen molar-refractivity contribution in [3.05, 3.63) is 59.7 Å². The largest absolute Gasteiger partial charge is 0.497 e. The molecule has 2 unspecified atom stereocenters. The second-order valence-corrected chi connectivity index (χ2v) is 6.19. The molecule has 124 valence electrons. The third-order valence-corrected chi connectivity index (χ3v) is 4.67. The molecule has 1 aliphatic rings. The smallest absolute Gasteiger partial charge is 0.177 e. The van der Waals surface area contributed by atoms with Gasteiger partial charge < -0.3 is 9.64 Å². The second-order valence-electron chi connectivity index (χ2n) is 6.19. The second kappa shape index (κ2) is 6.48. The Hall–Kier alpha value is -2.62. The first-order chi connectivity index (χ1) is 11.5. The van der Waals surface area contributed by atoms with Crippen molar-refractivity contribution < 1.29 is 14.3 Å². The van der Waals surface area contributed by atoms with Crippen LogP contribution >= 0.6 is 0 Å². The van der Waals surface area contributed by atoms with Crippen LogP contribution in [0.1, 0.15) is 29.8 Å². The van der Waals surface area contributed by atoms with Gasteiger partial charge in [-0.25, -0.2) is 0 Å². The van der Waals surface area contributed by atoms with Crippen LogP contribution < -0.4 is 9.64 Å². The Kier molecular flexibility index (Phi) is 4.38. The SMILES string of the molecule is COc1ccc2c(c1)N(Cc1ccccc1)C(C)C(C(C)=O)C2=O. The van der Waals surface area contributed by atoms with Crippen LogP contribution in [-0.4, -0.2) is 24.7 Å². The normalized spacial score (nSPS) is 19.8. The van der Waals surface area contributed by atoms with E-state index in [9.17, 15) is 9.59 Å². The minimum atomic E-state index is -0.630. The summed E-state index contributed by atoms with van der Waals surface area (Å²) >= 11 is 0. The standard InChI is InChI=1S/C20H21NO3/c1-13-19(14(2)22)20(23)17-10-9-16(24-3)11-18(17)21(13)12-15-7-5-4-6-8-15/h4-11,13,19H,12H2,1-3H3. The van der Waals surface area contributed by atoms with Crippen LogP contribution in [0.5, 0.6) is 5.75 Å². The number of nitrogens with zero attached hydrogens (tertiary/aromatic N) is 1. The molecule has 0 amide bonds. The molecule has 0 radical (unpaired) electrons. The highest BCUT2D eigenvalue weighted by molar-refractivity contribution is 6.15. The molecule has 0 aromatic heterocycles. The van der Waals surface area contributed by atoms with Crippen LogP contribution in [0.25, 0.3) is 0 Å². The Balaban J connectivity index is 2.09. The maximum Gasteiger partial charge on any atom is 0.177 e. The Labute approximate surface area is 142 Å². The number of hydrogen-bond donors (Lipinski definition) is 0. The maximum atomic E-state index is 12.8. The maximum absolute atomic E-state index is 12.8. The number of carbonyl (C=O) groups is 2. The molecule has 0 N–H and O–H groups in total. The van der Waals surface area contributed by atoms with Gasteiger partial charge >= 0.3 is 0 Å². The quantitative estimate of drug-likeness (QED) is 0.808. The van der Waals surface area contributed by atoms with E-state index < -0.39 is 5.92 Å². The summed E-state index contributed by atoms with van der Waals surface area (Å²) in [5.41, 5.74) is 2.55. The van der Waals surface area contributed by atoms with E-state index in [0.29, 0.717) is 17.9 Å². The fourth-order valence-electron chi connectivity index (χ4n) is 3.40. The summed E-state index contributed by atoms with van der Waals surface area (Å²) in [6.45, 7) is 4.07. The molecule has 2 aromatic rings. The van der Waals surface area contributed by atoms with E-state index in [1.807, 2.05) is 43.3 Å². The van der Waals surface area contributed by atoms with Gasteiger partial charge in [0.15, 0.2) is 5.78 Å². The highest BCUT2D eigenvalue weighted by Crippen LogP contribution is 2.37. The molecule has 24 heavy (non-hydrogen) atoms. The highest BCUT2D eigenvalue weighted by atomic mass is 16.5. The number of fused-ring (bicyclic) bond motifs is 1. The fraction of sp³-hybridized carbons (Fsp3) is 0.300. The van der Waals surface area contributed by atoms with Crippen molar-refractivity contribution in [2.24, 2.45) is 5.92 Å². The minimum Gasteiger partial charge on any atom is -0.497 e. The van der Waals surface area contributed by atoms with Crippen molar-refractivity contribution in [2.45, 2.75) is 26.4 Å². The molecule has 0 saturated carbocycles. The summed E-state index contributed by atoms with van der Waals surface area (Å²) in [6.07, 6.45) is 0. The Morgan fingerprint density at radius 2 is 1.88 bits per heavy atom. The summed E-state index contributed by atoms with van der Waals surface area (Å²) < 4.78 is 5.32. The predicted molar refractivity (Wildman–Crippen MR) is 93.6 cm³/mol. The fourth-order valence-corrected chi connectivity index (χ4v) is 3.40. The summed E-state index contributed by atoms with van der Waals surface area (Å²) in [6, 6.07) is 15.3. The molecule has 2 atom stereocenters. The first-order valence-electron chi connectivity index (χ1n) is 8.06. The lowest BCUT2D eigenvalue weighted by atomic mass is 9.82. The molecule has 0 saturated heterocycles. The monoisotopic (exact) mass is 323 g/mol. The van der Waals surface area contributed by atoms with Gasteiger partial charge in [-0.1, -0.05) is 30.3 Å². The lowest BCUT2D eigenvalue weighted by Crippen LogP contribution is -2.48. The lowest BCUT2D eigenvalue weighted by molar-refractivity contribution is -0.119. The van der Waals surface area contributed by atoms with Crippen molar-refractivity contribution in [1.82, 2.24) is 0 Å². The zero-order valence-corrected chi connectivity index (χ0v) is 14.2. The first kappa shape index (κ1) is 16.2. The van der Waals surface area contributed by atoms with E-state index in [1.54, 1.807) is 19.2 Å². The van der Waals surface area contributed by atoms with Gasteiger partial charge in [0.05, 0.1) is 12.8 Å². The van der Waals surface area contributed by atoms with Gasteiger partial charge in [-0.05, 0) is 31.5 Å². The number of benzene rings is 2. The molecule has 1 heterocycles. The molecule has 2 aromatic carbocycles. The predicted octanol–water partition coefficient (Wildman–Crippen LogP) is 3.49. The molecule has 0 fully saturated rings. The summed E-state index contributed by atoms with van der Waals surface area (Å²) in [4.78, 5) is 27.0. The van der Waals surface area contributed by atoms with E-state index >= 15 is 0 Å². The number of carbonyl (C=O) groups excluding carboxylic acids is 2. The molecule has 0 aliphatic carbocycles. The van der Waals surface area contributed by atoms with Crippen LogP contribution in [0.15, 0.2) is 48.5 Å². The van der Waals surface area contributed by atoms with E-state index in [2.05, 4.69) is 4.90 Å². The van der Waals surface area contributed by atoms with Gasteiger partial charge in [0.25, 0.3) is 0 Å². The lowest BCUT2D eigenvalue weighted by Gasteiger charge is -2.40. The molecule has 4 heteroatoms. The number of rotatable bonds is 4. The van der Waals surface area contributed by atoms with Crippen LogP contribution in [-0.2, 0) is 11.3 Å². The van der Waals surface area contributed by atoms with E-state index in [0.717, 1.165) is 11.3 Å². The number of ketones is 2. The molecule has 3 rings (SSSR count). The average Bonchev–Trinajstić information content (AvgIpc) is 2.58. The van der Waals surface area contributed by atoms with E-state index in [-0.39, 0.29) is 17.6 Å². The Bertz CT molecular complexity index is 770. The minimum absolute atomic E-state index is 0.0907. The highest BCUT2D eigenvalue weighted by Gasteiger charge is 2.40. The van der Waals surface area contributed by atoms with Crippen molar-refractivity contribution in [3.63, 3.8) is 0 Å². The van der Waals surface area contributed by atoms with Gasteiger partial charge in [0, 0.05) is 24.2 Å². The summed E-state index contributed by atoms with van der Waals surface area (Å²) in [5.74, 6) is -0.119. The van der Waals surface area contributed by atoms with Crippen molar-refractivity contribution in [3.8, 4) is 5.75 Å². The van der Waals surface area contributed by atoms with E-state index in [4.69, 9.17) is 4.74 Å². The van der Waals surface area contributed by atoms with Gasteiger partial charge in [-0.3, -0.25) is 9.59 Å².